The van der Waals surface area contributed by atoms with Crippen molar-refractivity contribution in [1.82, 2.24) is 20.5 Å². The van der Waals surface area contributed by atoms with Gasteiger partial charge in [-0.1, -0.05) is 20.8 Å². The molecule has 0 saturated carbocycles. The molecule has 0 aliphatic carbocycles. The highest BCUT2D eigenvalue weighted by Crippen LogP contribution is 2.18. The fourth-order valence-electron chi connectivity index (χ4n) is 1.16. The van der Waals surface area contributed by atoms with E-state index in [1.165, 1.54) is 0 Å². The minimum atomic E-state index is 0.0353. The van der Waals surface area contributed by atoms with Gasteiger partial charge in [-0.15, -0.1) is 5.10 Å². The monoisotopic (exact) mass is 208 g/mol. The molecule has 1 rings (SSSR count). The van der Waals surface area contributed by atoms with Crippen LogP contribution in [0, 0.1) is 0 Å². The van der Waals surface area contributed by atoms with Crippen LogP contribution in [0.5, 0.6) is 0 Å². The maximum atomic E-state index is 4.52. The molecule has 0 saturated heterocycles. The number of nitrogens with one attached hydrogen (secondary N) is 1. The highest BCUT2D eigenvalue weighted by atomic mass is 15.1. The molecule has 4 nitrogen and oxygen atoms in total. The average Bonchev–Trinajstić information content (AvgIpc) is 2.17. The first-order valence-electron chi connectivity index (χ1n) is 5.30. The molecule has 1 aromatic rings. The van der Waals surface area contributed by atoms with Gasteiger partial charge in [0.2, 0.25) is 0 Å². The van der Waals surface area contributed by atoms with Gasteiger partial charge in [0.25, 0.3) is 0 Å². The van der Waals surface area contributed by atoms with Crippen LogP contribution in [0.4, 0.5) is 0 Å². The maximum absolute atomic E-state index is 4.52. The molecule has 1 N–H and O–H groups in total. The van der Waals surface area contributed by atoms with E-state index in [9.17, 15) is 0 Å². The second-order valence-electron chi connectivity index (χ2n) is 4.90. The van der Waals surface area contributed by atoms with Gasteiger partial charge in [-0.3, -0.25) is 0 Å². The van der Waals surface area contributed by atoms with E-state index in [1.54, 1.807) is 6.20 Å². The van der Waals surface area contributed by atoms with Crippen LogP contribution in [-0.2, 0) is 11.8 Å². The predicted molar refractivity (Wildman–Crippen MR) is 60.8 cm³/mol. The second kappa shape index (κ2) is 4.66. The predicted octanol–water partition coefficient (Wildman–Crippen LogP) is 1.32. The second-order valence-corrected chi connectivity index (χ2v) is 4.90. The third-order valence-corrected chi connectivity index (χ3v) is 2.35. The van der Waals surface area contributed by atoms with Crippen LogP contribution in [0.3, 0.4) is 0 Å². The van der Waals surface area contributed by atoms with Gasteiger partial charge in [-0.2, -0.15) is 5.10 Å². The van der Waals surface area contributed by atoms with Crippen LogP contribution in [0.15, 0.2) is 6.20 Å². The van der Waals surface area contributed by atoms with Crippen molar-refractivity contribution in [2.45, 2.75) is 45.6 Å². The van der Waals surface area contributed by atoms with Crippen LogP contribution in [0.25, 0.3) is 0 Å². The summed E-state index contributed by atoms with van der Waals surface area (Å²) in [4.78, 5) is 4.52. The summed E-state index contributed by atoms with van der Waals surface area (Å²) in [6.07, 6.45) is 2.56. The third-order valence-electron chi connectivity index (χ3n) is 2.35. The lowest BCUT2D eigenvalue weighted by Crippen LogP contribution is -2.25. The van der Waals surface area contributed by atoms with Gasteiger partial charge in [0, 0.05) is 17.9 Å². The Morgan fingerprint density at radius 3 is 2.60 bits per heavy atom. The standard InChI is InChI=1S/C11H20N4/c1-8(12-5)6-10-14-9(7-13-15-10)11(2,3)4/h7-8,12H,6H2,1-5H3. The Bertz CT molecular complexity index is 317. The average molecular weight is 208 g/mol. The Morgan fingerprint density at radius 1 is 1.40 bits per heavy atom. The minimum absolute atomic E-state index is 0.0353. The van der Waals surface area contributed by atoms with Crippen molar-refractivity contribution >= 4 is 0 Å². The molecule has 1 aromatic heterocycles. The summed E-state index contributed by atoms with van der Waals surface area (Å²) >= 11 is 0. The smallest absolute Gasteiger partial charge is 0.152 e. The molecule has 0 amide bonds. The first-order valence-corrected chi connectivity index (χ1v) is 5.30. The summed E-state index contributed by atoms with van der Waals surface area (Å²) in [5.74, 6) is 0.810. The van der Waals surface area contributed by atoms with E-state index in [2.05, 4.69) is 48.2 Å². The van der Waals surface area contributed by atoms with Gasteiger partial charge in [-0.25, -0.2) is 4.98 Å². The summed E-state index contributed by atoms with van der Waals surface area (Å²) in [7, 11) is 1.94. The largest absolute Gasteiger partial charge is 0.317 e. The number of hydrogen-bond acceptors (Lipinski definition) is 4. The van der Waals surface area contributed by atoms with Gasteiger partial charge < -0.3 is 5.32 Å². The molecule has 15 heavy (non-hydrogen) atoms. The van der Waals surface area contributed by atoms with Gasteiger partial charge in [0.05, 0.1) is 11.9 Å². The van der Waals surface area contributed by atoms with Crippen LogP contribution in [-0.4, -0.2) is 28.3 Å². The van der Waals surface area contributed by atoms with Gasteiger partial charge in [-0.05, 0) is 14.0 Å². The molecule has 0 radical (unpaired) electrons. The molecule has 0 fully saturated rings. The number of nitrogens with zero attached hydrogens (tertiary/aromatic N) is 3. The van der Waals surface area contributed by atoms with Crippen molar-refractivity contribution in [3.05, 3.63) is 17.7 Å². The molecular formula is C11H20N4. The number of hydrogen-bond donors (Lipinski definition) is 1. The lowest BCUT2D eigenvalue weighted by molar-refractivity contribution is 0.537. The topological polar surface area (TPSA) is 50.7 Å². The van der Waals surface area contributed by atoms with Crippen molar-refractivity contribution in [3.8, 4) is 0 Å². The van der Waals surface area contributed by atoms with E-state index in [0.717, 1.165) is 17.9 Å². The van der Waals surface area contributed by atoms with Gasteiger partial charge in [0.15, 0.2) is 5.82 Å². The number of aromatic nitrogens is 3. The van der Waals surface area contributed by atoms with Crippen molar-refractivity contribution < 1.29 is 0 Å². The Morgan fingerprint density at radius 2 is 2.07 bits per heavy atom. The molecule has 1 atom stereocenters. The first-order chi connectivity index (χ1) is 6.93. The molecule has 0 aliphatic rings. The Hall–Kier alpha value is -1.03. The normalized spacial score (nSPS) is 13.9. The Balaban J connectivity index is 2.84. The lowest BCUT2D eigenvalue weighted by atomic mass is 9.93. The van der Waals surface area contributed by atoms with E-state index in [4.69, 9.17) is 0 Å². The minimum Gasteiger partial charge on any atom is -0.317 e. The van der Waals surface area contributed by atoms with Gasteiger partial charge >= 0.3 is 0 Å². The Labute approximate surface area is 91.5 Å². The first kappa shape index (κ1) is 12.0. The van der Waals surface area contributed by atoms with Crippen LogP contribution in [0.2, 0.25) is 0 Å². The van der Waals surface area contributed by atoms with Crippen LogP contribution in [0.1, 0.15) is 39.2 Å². The molecule has 4 heteroatoms. The molecule has 1 unspecified atom stereocenters. The SMILES string of the molecule is CNC(C)Cc1nncc(C(C)(C)C)n1. The highest BCUT2D eigenvalue weighted by Gasteiger charge is 2.17. The van der Waals surface area contributed by atoms with Crippen LogP contribution >= 0.6 is 0 Å². The van der Waals surface area contributed by atoms with E-state index in [0.29, 0.717) is 6.04 Å². The van der Waals surface area contributed by atoms with E-state index < -0.39 is 0 Å². The van der Waals surface area contributed by atoms with E-state index in [1.807, 2.05) is 7.05 Å². The highest BCUT2D eigenvalue weighted by molar-refractivity contribution is 5.08. The zero-order chi connectivity index (χ0) is 11.5. The summed E-state index contributed by atoms with van der Waals surface area (Å²) < 4.78 is 0. The number of rotatable bonds is 3. The van der Waals surface area contributed by atoms with E-state index >= 15 is 0 Å². The molecule has 1 heterocycles. The zero-order valence-corrected chi connectivity index (χ0v) is 10.2. The summed E-state index contributed by atoms with van der Waals surface area (Å²) in [6.45, 7) is 8.49. The van der Waals surface area contributed by atoms with Gasteiger partial charge in [0.1, 0.15) is 0 Å². The van der Waals surface area contributed by atoms with Crippen molar-refractivity contribution in [3.63, 3.8) is 0 Å². The molecular weight excluding hydrogens is 188 g/mol. The lowest BCUT2D eigenvalue weighted by Gasteiger charge is -2.17. The molecule has 84 valence electrons. The van der Waals surface area contributed by atoms with E-state index in [-0.39, 0.29) is 5.41 Å². The maximum Gasteiger partial charge on any atom is 0.152 e. The summed E-state index contributed by atoms with van der Waals surface area (Å²) in [5, 5.41) is 11.2. The zero-order valence-electron chi connectivity index (χ0n) is 10.2. The number of likely N-dealkylation sites (N-methyl/N-ethyl adjacent to an activating group) is 1. The van der Waals surface area contributed by atoms with Crippen LogP contribution < -0.4 is 5.32 Å². The quantitative estimate of drug-likeness (QED) is 0.814. The fourth-order valence-corrected chi connectivity index (χ4v) is 1.16. The van der Waals surface area contributed by atoms with Crippen molar-refractivity contribution in [1.29, 1.82) is 0 Å². The molecule has 0 spiro atoms. The Kier molecular flexibility index (Phi) is 3.74. The summed E-state index contributed by atoms with van der Waals surface area (Å²) in [5.41, 5.74) is 1.03. The fraction of sp³-hybridized carbons (Fsp3) is 0.727. The molecule has 0 bridgehead atoms. The summed E-state index contributed by atoms with van der Waals surface area (Å²) in [6, 6.07) is 0.377. The third kappa shape index (κ3) is 3.55. The van der Waals surface area contributed by atoms with Crippen molar-refractivity contribution in [2.75, 3.05) is 7.05 Å². The van der Waals surface area contributed by atoms with Crippen molar-refractivity contribution in [2.24, 2.45) is 0 Å². The molecule has 0 aliphatic heterocycles. The molecule has 0 aromatic carbocycles.